The van der Waals surface area contributed by atoms with Gasteiger partial charge in [-0.15, -0.1) is 0 Å². The molecule has 4 heteroatoms. The standard InChI is InChI=1S/C16H13BrN2O/c17-15-7-5-12(6-8-15)9-18-16(20)19-10-13-3-1-2-4-14(13)11-19/h1-8,10-11H,9H2,(H,18,20). The average Bonchev–Trinajstić information content (AvgIpc) is 2.90. The van der Waals surface area contributed by atoms with E-state index in [1.54, 1.807) is 4.57 Å². The van der Waals surface area contributed by atoms with E-state index in [0.717, 1.165) is 20.8 Å². The molecule has 0 aliphatic heterocycles. The van der Waals surface area contributed by atoms with Gasteiger partial charge >= 0.3 is 6.03 Å². The third-order valence-electron chi connectivity index (χ3n) is 3.14. The van der Waals surface area contributed by atoms with Crippen molar-refractivity contribution >= 4 is 32.7 Å². The molecular formula is C16H13BrN2O. The van der Waals surface area contributed by atoms with Crippen LogP contribution in [0, 0.1) is 0 Å². The Labute approximate surface area is 125 Å². The maximum atomic E-state index is 12.1. The Kier molecular flexibility index (Phi) is 3.56. The molecule has 0 radical (unpaired) electrons. The minimum atomic E-state index is -0.121. The molecule has 1 N–H and O–H groups in total. The van der Waals surface area contributed by atoms with E-state index < -0.39 is 0 Å². The molecular weight excluding hydrogens is 316 g/mol. The molecule has 0 saturated heterocycles. The monoisotopic (exact) mass is 328 g/mol. The number of hydrogen-bond acceptors (Lipinski definition) is 1. The summed E-state index contributed by atoms with van der Waals surface area (Å²) in [6.07, 6.45) is 3.68. The molecule has 1 aromatic heterocycles. The first kappa shape index (κ1) is 12.9. The summed E-state index contributed by atoms with van der Waals surface area (Å²) in [7, 11) is 0. The highest BCUT2D eigenvalue weighted by Crippen LogP contribution is 2.14. The second-order valence-corrected chi connectivity index (χ2v) is 5.50. The number of fused-ring (bicyclic) bond motifs is 1. The van der Waals surface area contributed by atoms with Crippen LogP contribution in [0.25, 0.3) is 10.8 Å². The predicted octanol–water partition coefficient (Wildman–Crippen LogP) is 4.16. The fourth-order valence-corrected chi connectivity index (χ4v) is 2.34. The van der Waals surface area contributed by atoms with E-state index in [1.165, 1.54) is 0 Å². The van der Waals surface area contributed by atoms with Gasteiger partial charge in [-0.05, 0) is 28.5 Å². The van der Waals surface area contributed by atoms with Crippen molar-refractivity contribution in [2.24, 2.45) is 0 Å². The third-order valence-corrected chi connectivity index (χ3v) is 3.67. The van der Waals surface area contributed by atoms with E-state index in [1.807, 2.05) is 60.9 Å². The van der Waals surface area contributed by atoms with Crippen molar-refractivity contribution in [1.82, 2.24) is 9.88 Å². The molecule has 0 saturated carbocycles. The first-order valence-corrected chi connectivity index (χ1v) is 7.11. The lowest BCUT2D eigenvalue weighted by Gasteiger charge is -2.05. The molecule has 0 spiro atoms. The van der Waals surface area contributed by atoms with E-state index in [4.69, 9.17) is 0 Å². The molecule has 0 atom stereocenters. The molecule has 1 heterocycles. The van der Waals surface area contributed by atoms with E-state index in [0.29, 0.717) is 6.54 Å². The maximum Gasteiger partial charge on any atom is 0.325 e. The molecule has 0 unspecified atom stereocenters. The zero-order valence-corrected chi connectivity index (χ0v) is 12.3. The Hall–Kier alpha value is -2.07. The van der Waals surface area contributed by atoms with Crippen molar-refractivity contribution in [3.63, 3.8) is 0 Å². The second kappa shape index (κ2) is 5.51. The summed E-state index contributed by atoms with van der Waals surface area (Å²) in [6, 6.07) is 15.7. The Morgan fingerprint density at radius 2 is 1.60 bits per heavy atom. The molecule has 0 fully saturated rings. The van der Waals surface area contributed by atoms with Crippen molar-refractivity contribution < 1.29 is 4.79 Å². The van der Waals surface area contributed by atoms with Crippen LogP contribution in [-0.2, 0) is 6.54 Å². The quantitative estimate of drug-likeness (QED) is 0.752. The lowest BCUT2D eigenvalue weighted by Crippen LogP contribution is -2.26. The highest BCUT2D eigenvalue weighted by molar-refractivity contribution is 9.10. The van der Waals surface area contributed by atoms with Crippen LogP contribution in [0.3, 0.4) is 0 Å². The van der Waals surface area contributed by atoms with Gasteiger partial charge in [0.25, 0.3) is 0 Å². The minimum absolute atomic E-state index is 0.121. The summed E-state index contributed by atoms with van der Waals surface area (Å²) in [5, 5.41) is 5.03. The number of nitrogens with zero attached hydrogens (tertiary/aromatic N) is 1. The van der Waals surface area contributed by atoms with Gasteiger partial charge < -0.3 is 5.32 Å². The second-order valence-electron chi connectivity index (χ2n) is 4.58. The van der Waals surface area contributed by atoms with Gasteiger partial charge in [0.2, 0.25) is 0 Å². The number of carbonyl (C=O) groups is 1. The number of hydrogen-bond donors (Lipinski definition) is 1. The number of amides is 1. The van der Waals surface area contributed by atoms with Crippen LogP contribution >= 0.6 is 15.9 Å². The molecule has 0 aliphatic rings. The summed E-state index contributed by atoms with van der Waals surface area (Å²) in [6.45, 7) is 0.515. The van der Waals surface area contributed by atoms with Gasteiger partial charge in [-0.25, -0.2) is 4.79 Å². The molecule has 2 aromatic carbocycles. The van der Waals surface area contributed by atoms with Crippen molar-refractivity contribution in [3.05, 3.63) is 71.0 Å². The van der Waals surface area contributed by atoms with Crippen LogP contribution in [0.5, 0.6) is 0 Å². The first-order chi connectivity index (χ1) is 9.72. The minimum Gasteiger partial charge on any atom is -0.333 e. The lowest BCUT2D eigenvalue weighted by atomic mass is 10.2. The maximum absolute atomic E-state index is 12.1. The number of halogens is 1. The Balaban J connectivity index is 1.71. The Bertz CT molecular complexity index is 714. The highest BCUT2D eigenvalue weighted by Gasteiger charge is 2.05. The van der Waals surface area contributed by atoms with Crippen LogP contribution in [0.2, 0.25) is 0 Å². The van der Waals surface area contributed by atoms with Gasteiger partial charge in [-0.3, -0.25) is 4.57 Å². The largest absolute Gasteiger partial charge is 0.333 e. The summed E-state index contributed by atoms with van der Waals surface area (Å²) < 4.78 is 2.62. The van der Waals surface area contributed by atoms with Gasteiger partial charge in [-0.2, -0.15) is 0 Å². The molecule has 100 valence electrons. The molecule has 1 amide bonds. The fourth-order valence-electron chi connectivity index (χ4n) is 2.07. The summed E-state index contributed by atoms with van der Waals surface area (Å²) in [4.78, 5) is 12.1. The number of nitrogens with one attached hydrogen (secondary N) is 1. The zero-order valence-electron chi connectivity index (χ0n) is 10.7. The summed E-state index contributed by atoms with van der Waals surface area (Å²) >= 11 is 3.39. The zero-order chi connectivity index (χ0) is 13.9. The molecule has 0 bridgehead atoms. The van der Waals surface area contributed by atoms with Crippen LogP contribution in [-0.4, -0.2) is 10.6 Å². The normalized spacial score (nSPS) is 10.7. The van der Waals surface area contributed by atoms with Gasteiger partial charge in [0.1, 0.15) is 0 Å². The van der Waals surface area contributed by atoms with Crippen LogP contribution < -0.4 is 5.32 Å². The summed E-state index contributed by atoms with van der Waals surface area (Å²) in [5.74, 6) is 0. The van der Waals surface area contributed by atoms with Crippen LogP contribution in [0.4, 0.5) is 4.79 Å². The van der Waals surface area contributed by atoms with Gasteiger partial charge in [0.15, 0.2) is 0 Å². The smallest absolute Gasteiger partial charge is 0.325 e. The van der Waals surface area contributed by atoms with E-state index in [-0.39, 0.29) is 6.03 Å². The molecule has 0 aliphatic carbocycles. The molecule has 3 nitrogen and oxygen atoms in total. The van der Waals surface area contributed by atoms with Gasteiger partial charge in [-0.1, -0.05) is 52.3 Å². The van der Waals surface area contributed by atoms with E-state index in [9.17, 15) is 4.79 Å². The fraction of sp³-hybridized carbons (Fsp3) is 0.0625. The van der Waals surface area contributed by atoms with Crippen molar-refractivity contribution in [2.75, 3.05) is 0 Å². The summed E-state index contributed by atoms with van der Waals surface area (Å²) in [5.41, 5.74) is 1.07. The Morgan fingerprint density at radius 1 is 1.00 bits per heavy atom. The number of benzene rings is 2. The van der Waals surface area contributed by atoms with Crippen LogP contribution in [0.15, 0.2) is 65.4 Å². The van der Waals surface area contributed by atoms with E-state index in [2.05, 4.69) is 21.2 Å². The topological polar surface area (TPSA) is 34.0 Å². The molecule has 20 heavy (non-hydrogen) atoms. The van der Waals surface area contributed by atoms with Crippen molar-refractivity contribution in [2.45, 2.75) is 6.54 Å². The number of rotatable bonds is 2. The SMILES string of the molecule is O=C(NCc1ccc(Br)cc1)n1cc2ccccc2c1. The number of aromatic nitrogens is 1. The first-order valence-electron chi connectivity index (χ1n) is 6.32. The third kappa shape index (κ3) is 2.75. The average molecular weight is 329 g/mol. The van der Waals surface area contributed by atoms with E-state index >= 15 is 0 Å². The van der Waals surface area contributed by atoms with Crippen LogP contribution in [0.1, 0.15) is 5.56 Å². The van der Waals surface area contributed by atoms with Crippen molar-refractivity contribution in [1.29, 1.82) is 0 Å². The van der Waals surface area contributed by atoms with Gasteiger partial charge in [0.05, 0.1) is 0 Å². The van der Waals surface area contributed by atoms with Crippen molar-refractivity contribution in [3.8, 4) is 0 Å². The Morgan fingerprint density at radius 3 is 2.20 bits per heavy atom. The molecule has 3 rings (SSSR count). The highest BCUT2D eigenvalue weighted by atomic mass is 79.9. The lowest BCUT2D eigenvalue weighted by molar-refractivity contribution is 0.242. The van der Waals surface area contributed by atoms with Gasteiger partial charge in [0, 0.05) is 23.4 Å². The number of carbonyl (C=O) groups excluding carboxylic acids is 1. The molecule has 3 aromatic rings. The predicted molar refractivity (Wildman–Crippen MR) is 83.7 cm³/mol.